The highest BCUT2D eigenvalue weighted by molar-refractivity contribution is 8.03. The van der Waals surface area contributed by atoms with Crippen LogP contribution in [0.1, 0.15) is 22.8 Å². The Hall–Kier alpha value is -2.22. The summed E-state index contributed by atoms with van der Waals surface area (Å²) in [6.45, 7) is 5.48. The van der Waals surface area contributed by atoms with Crippen molar-refractivity contribution < 1.29 is 14.3 Å². The second-order valence-electron chi connectivity index (χ2n) is 5.76. The molecule has 0 spiro atoms. The third-order valence-corrected chi connectivity index (χ3v) is 5.42. The molecule has 0 fully saturated rings. The zero-order valence-electron chi connectivity index (χ0n) is 14.7. The van der Waals surface area contributed by atoms with Crippen molar-refractivity contribution in [2.24, 2.45) is 0 Å². The Morgan fingerprint density at radius 1 is 1.19 bits per heavy atom. The number of carbonyl (C=O) groups is 1. The first-order valence-corrected chi connectivity index (χ1v) is 9.41. The second-order valence-corrected chi connectivity index (χ2v) is 7.57. The van der Waals surface area contributed by atoms with Crippen LogP contribution in [0.25, 0.3) is 11.8 Å². The molecule has 3 rings (SSSR count). The van der Waals surface area contributed by atoms with Gasteiger partial charge in [-0.3, -0.25) is 0 Å². The molecule has 0 amide bonds. The van der Waals surface area contributed by atoms with E-state index >= 15 is 0 Å². The van der Waals surface area contributed by atoms with Gasteiger partial charge in [-0.25, -0.2) is 4.79 Å². The van der Waals surface area contributed by atoms with E-state index < -0.39 is 5.97 Å². The van der Waals surface area contributed by atoms with Gasteiger partial charge < -0.3 is 14.1 Å². The van der Waals surface area contributed by atoms with Crippen molar-refractivity contribution in [1.82, 2.24) is 14.8 Å². The molecule has 0 aliphatic heterocycles. The summed E-state index contributed by atoms with van der Waals surface area (Å²) in [5.41, 5.74) is 3.41. The topological polar surface area (TPSA) is 81.2 Å². The van der Waals surface area contributed by atoms with Crippen molar-refractivity contribution in [3.8, 4) is 5.69 Å². The van der Waals surface area contributed by atoms with Crippen LogP contribution in [-0.2, 0) is 4.79 Å². The molecule has 0 aliphatic rings. The van der Waals surface area contributed by atoms with E-state index in [2.05, 4.69) is 10.2 Å². The Bertz CT molecular complexity index is 1060. The van der Waals surface area contributed by atoms with Crippen LogP contribution in [0, 0.1) is 20.8 Å². The number of carboxylic acid groups (broad SMARTS) is 1. The fourth-order valence-electron chi connectivity index (χ4n) is 2.65. The van der Waals surface area contributed by atoms with Crippen molar-refractivity contribution in [3.05, 3.63) is 62.1 Å². The molecule has 0 saturated carbocycles. The van der Waals surface area contributed by atoms with Crippen LogP contribution in [0.4, 0.5) is 0 Å². The molecular formula is C18H15Cl2N3O3S. The van der Waals surface area contributed by atoms with Crippen LogP contribution in [0.3, 0.4) is 0 Å². The molecule has 1 aromatic carbocycles. The minimum absolute atomic E-state index is 0.0769. The number of nitrogens with zero attached hydrogens (tertiary/aromatic N) is 3. The maximum Gasteiger partial charge on any atom is 0.342 e. The fraction of sp³-hybridized carbons (Fsp3) is 0.167. The van der Waals surface area contributed by atoms with E-state index in [1.165, 1.54) is 0 Å². The van der Waals surface area contributed by atoms with Crippen molar-refractivity contribution in [3.63, 3.8) is 0 Å². The normalized spacial score (nSPS) is 11.8. The average molecular weight is 424 g/mol. The van der Waals surface area contributed by atoms with Gasteiger partial charge in [-0.2, -0.15) is 0 Å². The highest BCUT2D eigenvalue weighted by atomic mass is 35.5. The van der Waals surface area contributed by atoms with Gasteiger partial charge in [0.1, 0.15) is 4.91 Å². The van der Waals surface area contributed by atoms with Crippen LogP contribution >= 0.6 is 35.0 Å². The quantitative estimate of drug-likeness (QED) is 0.442. The lowest BCUT2D eigenvalue weighted by Gasteiger charge is -2.10. The SMILES string of the molecule is Cc1nnc(S/C(=C\c2cc(C)n(-c3ccc(Cl)c(Cl)c3)c2C)C(=O)O)o1. The molecule has 9 heteroatoms. The summed E-state index contributed by atoms with van der Waals surface area (Å²) in [5.74, 6) is -0.699. The molecule has 1 N–H and O–H groups in total. The molecule has 6 nitrogen and oxygen atoms in total. The number of aryl methyl sites for hydroxylation is 2. The number of hydrogen-bond acceptors (Lipinski definition) is 5. The Kier molecular flexibility index (Phi) is 5.64. The number of rotatable bonds is 5. The largest absolute Gasteiger partial charge is 0.477 e. The number of halogens is 2. The number of thioether (sulfide) groups is 1. The summed E-state index contributed by atoms with van der Waals surface area (Å²) in [5, 5.41) is 18.2. The molecule has 3 aromatic rings. The first-order chi connectivity index (χ1) is 12.8. The first kappa shape index (κ1) is 19.5. The van der Waals surface area contributed by atoms with Gasteiger partial charge in [0.2, 0.25) is 5.89 Å². The van der Waals surface area contributed by atoms with Gasteiger partial charge in [0.05, 0.1) is 10.0 Å². The summed E-state index contributed by atoms with van der Waals surface area (Å²) in [4.78, 5) is 11.7. The highest BCUT2D eigenvalue weighted by Gasteiger charge is 2.17. The number of carboxylic acids is 1. The third kappa shape index (κ3) is 4.21. The lowest BCUT2D eigenvalue weighted by atomic mass is 10.2. The van der Waals surface area contributed by atoms with E-state index in [9.17, 15) is 9.90 Å². The smallest absolute Gasteiger partial charge is 0.342 e. The number of aliphatic carboxylic acids is 1. The molecule has 0 atom stereocenters. The fourth-order valence-corrected chi connectivity index (χ4v) is 3.64. The first-order valence-electron chi connectivity index (χ1n) is 7.83. The van der Waals surface area contributed by atoms with Crippen LogP contribution in [0.2, 0.25) is 10.0 Å². The van der Waals surface area contributed by atoms with E-state index in [0.29, 0.717) is 15.9 Å². The molecule has 140 valence electrons. The molecular weight excluding hydrogens is 409 g/mol. The van der Waals surface area contributed by atoms with E-state index in [-0.39, 0.29) is 10.1 Å². The minimum Gasteiger partial charge on any atom is -0.477 e. The third-order valence-electron chi connectivity index (χ3n) is 3.83. The van der Waals surface area contributed by atoms with Gasteiger partial charge in [0, 0.05) is 24.0 Å². The van der Waals surface area contributed by atoms with Gasteiger partial charge in [0.25, 0.3) is 5.22 Å². The zero-order chi connectivity index (χ0) is 19.7. The molecule has 27 heavy (non-hydrogen) atoms. The highest BCUT2D eigenvalue weighted by Crippen LogP contribution is 2.31. The summed E-state index contributed by atoms with van der Waals surface area (Å²) in [6, 6.07) is 7.26. The van der Waals surface area contributed by atoms with Gasteiger partial charge in [-0.15, -0.1) is 10.2 Å². The average Bonchev–Trinajstić information content (AvgIpc) is 3.13. The van der Waals surface area contributed by atoms with E-state index in [0.717, 1.165) is 34.4 Å². The molecule has 0 aliphatic carbocycles. The summed E-state index contributed by atoms with van der Waals surface area (Å²) < 4.78 is 7.24. The monoisotopic (exact) mass is 423 g/mol. The van der Waals surface area contributed by atoms with E-state index in [1.807, 2.05) is 30.5 Å². The van der Waals surface area contributed by atoms with Gasteiger partial charge in [0.15, 0.2) is 0 Å². The maximum absolute atomic E-state index is 11.7. The maximum atomic E-state index is 11.7. The summed E-state index contributed by atoms with van der Waals surface area (Å²) >= 11 is 13.0. The van der Waals surface area contributed by atoms with Crippen LogP contribution < -0.4 is 0 Å². The van der Waals surface area contributed by atoms with Crippen molar-refractivity contribution in [2.75, 3.05) is 0 Å². The lowest BCUT2D eigenvalue weighted by Crippen LogP contribution is -2.00. The van der Waals surface area contributed by atoms with E-state index in [1.54, 1.807) is 25.1 Å². The predicted octanol–water partition coefficient (Wildman–Crippen LogP) is 5.31. The minimum atomic E-state index is -1.07. The van der Waals surface area contributed by atoms with Crippen molar-refractivity contribution in [1.29, 1.82) is 0 Å². The standard InChI is InChI=1S/C18H15Cl2N3O3S/c1-9-6-12(7-16(17(24)25)27-18-22-21-11(3)26-18)10(2)23(9)13-4-5-14(19)15(20)8-13/h4-8H,1-3H3,(H,24,25)/b16-7-. The van der Waals surface area contributed by atoms with Gasteiger partial charge in [-0.05, 0) is 61.5 Å². The number of hydrogen-bond donors (Lipinski definition) is 1. The Morgan fingerprint density at radius 2 is 1.93 bits per heavy atom. The summed E-state index contributed by atoms with van der Waals surface area (Å²) in [7, 11) is 0. The van der Waals surface area contributed by atoms with Gasteiger partial charge >= 0.3 is 5.97 Å². The summed E-state index contributed by atoms with van der Waals surface area (Å²) in [6.07, 6.45) is 1.59. The Balaban J connectivity index is 2.02. The van der Waals surface area contributed by atoms with Crippen molar-refractivity contribution in [2.45, 2.75) is 26.0 Å². The molecule has 0 unspecified atom stereocenters. The van der Waals surface area contributed by atoms with E-state index in [4.69, 9.17) is 27.6 Å². The molecule has 0 saturated heterocycles. The molecule has 2 heterocycles. The van der Waals surface area contributed by atoms with Crippen LogP contribution in [0.15, 0.2) is 38.8 Å². The molecule has 2 aromatic heterocycles. The number of benzene rings is 1. The Morgan fingerprint density at radius 3 is 2.52 bits per heavy atom. The van der Waals surface area contributed by atoms with Crippen LogP contribution in [0.5, 0.6) is 0 Å². The van der Waals surface area contributed by atoms with Crippen molar-refractivity contribution >= 4 is 47.0 Å². The second kappa shape index (κ2) is 7.80. The lowest BCUT2D eigenvalue weighted by molar-refractivity contribution is -0.131. The Labute approximate surface area is 169 Å². The van der Waals surface area contributed by atoms with Crippen LogP contribution in [-0.4, -0.2) is 25.8 Å². The number of aromatic nitrogens is 3. The zero-order valence-corrected chi connectivity index (χ0v) is 17.0. The van der Waals surface area contributed by atoms with Gasteiger partial charge in [-0.1, -0.05) is 23.2 Å². The molecule has 0 bridgehead atoms. The molecule has 0 radical (unpaired) electrons. The predicted molar refractivity (Wildman–Crippen MR) is 106 cm³/mol.